The maximum absolute atomic E-state index is 3.59. The predicted octanol–water partition coefficient (Wildman–Crippen LogP) is -2.03. The maximum Gasteiger partial charge on any atom is 1.00 e. The molecule has 0 spiro atoms. The number of rotatable bonds is 2. The largest absolute Gasteiger partial charge is 1.00 e. The van der Waals surface area contributed by atoms with Gasteiger partial charge in [-0.2, -0.15) is 0 Å². The van der Waals surface area contributed by atoms with Gasteiger partial charge in [0.05, 0.1) is 0 Å². The van der Waals surface area contributed by atoms with Crippen molar-refractivity contribution in [1.29, 1.82) is 0 Å². The molecule has 0 aromatic heterocycles. The van der Waals surface area contributed by atoms with Crippen LogP contribution in [0.5, 0.6) is 0 Å². The minimum absolute atomic E-state index is 0. The van der Waals surface area contributed by atoms with Crippen LogP contribution in [-0.2, 0) is 0 Å². The summed E-state index contributed by atoms with van der Waals surface area (Å²) in [5, 5.41) is 0. The van der Waals surface area contributed by atoms with E-state index in [2.05, 4.69) is 35.0 Å². The molecule has 0 nitrogen and oxygen atoms in total. The second-order valence-electron chi connectivity index (χ2n) is 1.56. The Balaban J connectivity index is 0.000000810. The fraction of sp³-hybridized carbons (Fsp3) is 0. The molecule has 46 valence electrons. The van der Waals surface area contributed by atoms with Crippen LogP contribution in [-0.4, -0.2) is 20.9 Å². The number of hydrogen-bond acceptors (Lipinski definition) is 0. The smallest absolute Gasteiger partial charge is 1.00 e. The van der Waals surface area contributed by atoms with Crippen LogP contribution < -0.4 is 22.5 Å². The molecule has 0 N–H and O–H groups in total. The van der Waals surface area contributed by atoms with Crippen LogP contribution in [0.1, 0.15) is 0 Å². The maximum atomic E-state index is 3.59. The summed E-state index contributed by atoms with van der Waals surface area (Å²) < 4.78 is 4.36. The zero-order valence-corrected chi connectivity index (χ0v) is 8.33. The molecule has 0 aliphatic rings. The van der Waals surface area contributed by atoms with E-state index in [4.69, 9.17) is 0 Å². The van der Waals surface area contributed by atoms with E-state index >= 15 is 0 Å². The molecule has 0 aliphatic carbocycles. The molecule has 1 aromatic carbocycles. The molecule has 2 heteroatoms. The van der Waals surface area contributed by atoms with Crippen molar-refractivity contribution >= 4 is 24.5 Å². The van der Waals surface area contributed by atoms with E-state index in [1.165, 1.54) is 3.61 Å². The average molecular weight is 238 g/mol. The fourth-order valence-electron chi connectivity index (χ4n) is 0.572. The second kappa shape index (κ2) is 6.08. The monoisotopic (exact) mass is 240 g/mol. The Morgan fingerprint density at radius 3 is 2.30 bits per heavy atom. The van der Waals surface area contributed by atoms with Crippen LogP contribution >= 0.6 is 0 Å². The van der Waals surface area contributed by atoms with Crippen molar-refractivity contribution in [2.75, 3.05) is 0 Å². The molecule has 0 radical (unpaired) electrons. The molecule has 1 aromatic rings. The first kappa shape index (κ1) is 10.3. The summed E-state index contributed by atoms with van der Waals surface area (Å²) >= 11 is -0.191. The van der Waals surface area contributed by atoms with Crippen molar-refractivity contribution in [3.63, 3.8) is 0 Å². The third-order valence-corrected chi connectivity index (χ3v) is 2.79. The van der Waals surface area contributed by atoms with Crippen molar-refractivity contribution in [2.45, 2.75) is 0 Å². The molecule has 0 heterocycles. The summed E-state index contributed by atoms with van der Waals surface area (Å²) in [5.74, 6) is 0. The first-order chi connectivity index (χ1) is 4.43. The third kappa shape index (κ3) is 3.50. The van der Waals surface area contributed by atoms with Crippen molar-refractivity contribution in [2.24, 2.45) is 0 Å². The summed E-state index contributed by atoms with van der Waals surface area (Å²) in [6.07, 6.45) is 0. The van der Waals surface area contributed by atoms with Gasteiger partial charge >= 0.3 is 84.4 Å². The normalized spacial score (nSPS) is 8.00. The minimum atomic E-state index is -0.191. The van der Waals surface area contributed by atoms with E-state index in [1.54, 1.807) is 0 Å². The van der Waals surface area contributed by atoms with Gasteiger partial charge in [-0.3, -0.25) is 0 Å². The van der Waals surface area contributed by atoms with Crippen LogP contribution in [0.3, 0.4) is 0 Å². The van der Waals surface area contributed by atoms with Crippen LogP contribution in [0.4, 0.5) is 0 Å². The van der Waals surface area contributed by atoms with Gasteiger partial charge < -0.3 is 0 Å². The first-order valence-electron chi connectivity index (χ1n) is 2.67. The molecule has 1 rings (SSSR count). The molecule has 10 heavy (non-hydrogen) atoms. The van der Waals surface area contributed by atoms with Crippen LogP contribution in [0.15, 0.2) is 36.9 Å². The Morgan fingerprint density at radius 1 is 1.20 bits per heavy atom. The second-order valence-corrected chi connectivity index (χ2v) is 4.31. The average Bonchev–Trinajstić information content (AvgIpc) is 1.91. The van der Waals surface area contributed by atoms with Crippen molar-refractivity contribution in [3.05, 3.63) is 41.0 Å². The number of benzene rings is 1. The van der Waals surface area contributed by atoms with Crippen LogP contribution in [0.2, 0.25) is 0 Å². The van der Waals surface area contributed by atoms with E-state index in [0.717, 1.165) is 0 Å². The predicted molar refractivity (Wildman–Crippen MR) is 40.7 cm³/mol. The Morgan fingerprint density at radius 2 is 1.80 bits per heavy atom. The summed E-state index contributed by atoms with van der Waals surface area (Å²) in [4.78, 5) is 0. The standard InChI is InChI=1S/C8H7Te.Li/c1-2-9-8-6-4-3-5-7-8;/h3-7H,1H2;/q-1;+1. The molecule has 0 fully saturated rings. The van der Waals surface area contributed by atoms with Gasteiger partial charge in [-0.25, -0.2) is 0 Å². The molecule has 0 saturated heterocycles. The zero-order valence-electron chi connectivity index (χ0n) is 6.00. The van der Waals surface area contributed by atoms with Gasteiger partial charge in [0.1, 0.15) is 0 Å². The van der Waals surface area contributed by atoms with Gasteiger partial charge in [0.2, 0.25) is 0 Å². The van der Waals surface area contributed by atoms with Gasteiger partial charge in [-0.15, -0.1) is 0 Å². The number of hydrogen-bond donors (Lipinski definition) is 0. The van der Waals surface area contributed by atoms with E-state index in [1.807, 2.05) is 6.07 Å². The molecule has 0 atom stereocenters. The SMILES string of the molecule is C=[C-][Te]c1ccccc1.[Li+]. The van der Waals surface area contributed by atoms with Gasteiger partial charge in [0, 0.05) is 0 Å². The summed E-state index contributed by atoms with van der Waals surface area (Å²) in [7, 11) is 0. The van der Waals surface area contributed by atoms with Gasteiger partial charge in [-0.1, -0.05) is 0 Å². The Bertz CT molecular complexity index is 184. The van der Waals surface area contributed by atoms with Crippen LogP contribution in [0, 0.1) is 4.12 Å². The van der Waals surface area contributed by atoms with E-state index < -0.39 is 0 Å². The van der Waals surface area contributed by atoms with Gasteiger partial charge in [-0.05, 0) is 0 Å². The Hall–Kier alpha value is 0.347. The Kier molecular flexibility index (Phi) is 6.29. The molecule has 0 unspecified atom stereocenters. The molecule has 0 aliphatic heterocycles. The zero-order chi connectivity index (χ0) is 6.53. The summed E-state index contributed by atoms with van der Waals surface area (Å²) in [5.41, 5.74) is 0. The van der Waals surface area contributed by atoms with Gasteiger partial charge in [0.15, 0.2) is 0 Å². The van der Waals surface area contributed by atoms with E-state index in [9.17, 15) is 0 Å². The van der Waals surface area contributed by atoms with Crippen molar-refractivity contribution in [3.8, 4) is 0 Å². The minimum Gasteiger partial charge on any atom is 1.00 e. The summed E-state index contributed by atoms with van der Waals surface area (Å²) in [6.45, 7) is 3.59. The third-order valence-electron chi connectivity index (χ3n) is 0.933. The van der Waals surface area contributed by atoms with E-state index in [-0.39, 0.29) is 39.8 Å². The molecule has 0 bridgehead atoms. The van der Waals surface area contributed by atoms with Crippen molar-refractivity contribution in [1.82, 2.24) is 0 Å². The van der Waals surface area contributed by atoms with Gasteiger partial charge in [0.25, 0.3) is 0 Å². The van der Waals surface area contributed by atoms with Crippen molar-refractivity contribution < 1.29 is 18.9 Å². The topological polar surface area (TPSA) is 0 Å². The summed E-state index contributed by atoms with van der Waals surface area (Å²) in [6, 6.07) is 10.4. The fourth-order valence-corrected chi connectivity index (χ4v) is 1.88. The Labute approximate surface area is 84.0 Å². The molecule has 0 amide bonds. The molecular formula is C8H7LiTe. The quantitative estimate of drug-likeness (QED) is 0.411. The molecule has 0 saturated carbocycles. The molecular weight excluding hydrogens is 231 g/mol. The van der Waals surface area contributed by atoms with E-state index in [0.29, 0.717) is 0 Å². The first-order valence-corrected chi connectivity index (χ1v) is 5.00. The van der Waals surface area contributed by atoms with Crippen LogP contribution in [0.25, 0.3) is 0 Å².